The molecule has 11 heteroatoms. The van der Waals surface area contributed by atoms with Crippen molar-refractivity contribution in [2.24, 2.45) is 9.98 Å². The van der Waals surface area contributed by atoms with Crippen molar-refractivity contribution in [3.05, 3.63) is 139 Å². The van der Waals surface area contributed by atoms with Crippen molar-refractivity contribution in [3.63, 3.8) is 0 Å². The van der Waals surface area contributed by atoms with Gasteiger partial charge in [-0.15, -0.1) is 20.4 Å². The van der Waals surface area contributed by atoms with Crippen molar-refractivity contribution >= 4 is 62.4 Å². The van der Waals surface area contributed by atoms with E-state index < -0.39 is 0 Å². The largest absolute Gasteiger partial charge is 0.497 e. The molecule has 0 aliphatic rings. The molecular weight excluding hydrogens is 651 g/mol. The zero-order valence-electron chi connectivity index (χ0n) is 26.5. The monoisotopic (exact) mass is 679 g/mol. The molecule has 0 saturated heterocycles. The lowest BCUT2D eigenvalue weighted by atomic mass is 10.1. The molecule has 0 atom stereocenters. The van der Waals surface area contributed by atoms with Crippen LogP contribution in [0.5, 0.6) is 11.5 Å². The highest BCUT2D eigenvalue weighted by atomic mass is 32.1. The molecule has 0 aliphatic heterocycles. The molecule has 0 aliphatic carbocycles. The number of aliphatic imine (C=N–C) groups is 2. The number of rotatable bonds is 11. The van der Waals surface area contributed by atoms with Gasteiger partial charge in [0.25, 0.3) is 0 Å². The van der Waals surface area contributed by atoms with E-state index in [1.165, 1.54) is 22.7 Å². The molecule has 0 fully saturated rings. The maximum atomic E-state index is 5.25. The summed E-state index contributed by atoms with van der Waals surface area (Å²) in [4.78, 5) is 11.4. The van der Waals surface area contributed by atoms with Crippen molar-refractivity contribution in [1.29, 1.82) is 0 Å². The normalized spacial score (nSPS) is 11.3. The van der Waals surface area contributed by atoms with Crippen LogP contribution >= 0.6 is 22.7 Å². The van der Waals surface area contributed by atoms with Gasteiger partial charge in [-0.2, -0.15) is 0 Å². The number of methoxy groups -OCH3 is 2. The Morgan fingerprint density at radius 1 is 0.490 bits per heavy atom. The van der Waals surface area contributed by atoms with Gasteiger partial charge in [0.15, 0.2) is 0 Å². The van der Waals surface area contributed by atoms with Crippen LogP contribution in [0.15, 0.2) is 137 Å². The molecule has 0 saturated carbocycles. The fourth-order valence-corrected chi connectivity index (χ4v) is 6.33. The van der Waals surface area contributed by atoms with Crippen LogP contribution in [0, 0.1) is 0 Å². The maximum absolute atomic E-state index is 5.25. The standard InChI is InChI=1S/C38H29N7O2S2/c1-46-33-20-12-28(13-21-33)35-41-43-37(48-35)39-24-26-8-16-31(17-9-26)45(30-6-4-3-5-7-30)32-18-10-27(11-19-32)25-40-38-44-42-36(49-38)29-14-22-34(47-2)23-15-29/h3-25H,1-2H3/b39-24+,40-25+. The molecule has 2 heterocycles. The SMILES string of the molecule is COc1ccc(-c2nnc(/N=C/c3ccc(N(c4ccccc4)c4ccc(/C=N/c5nnc(-c6ccc(OC)cc6)s5)cc4)cc3)s2)cc1. The summed E-state index contributed by atoms with van der Waals surface area (Å²) in [6.07, 6.45) is 3.61. The first kappa shape index (κ1) is 31.6. The number of benzene rings is 5. The first-order valence-electron chi connectivity index (χ1n) is 15.2. The van der Waals surface area contributed by atoms with Crippen LogP contribution in [0.1, 0.15) is 11.1 Å². The smallest absolute Gasteiger partial charge is 0.231 e. The summed E-state index contributed by atoms with van der Waals surface area (Å²) in [6, 6.07) is 42.3. The second kappa shape index (κ2) is 14.8. The average molecular weight is 680 g/mol. The minimum atomic E-state index is 0.591. The van der Waals surface area contributed by atoms with E-state index in [0.717, 1.165) is 60.8 Å². The average Bonchev–Trinajstić information content (AvgIpc) is 3.85. The molecular formula is C38H29N7O2S2. The van der Waals surface area contributed by atoms with Crippen LogP contribution in [0.25, 0.3) is 21.1 Å². The van der Waals surface area contributed by atoms with Gasteiger partial charge in [-0.25, -0.2) is 9.98 Å². The van der Waals surface area contributed by atoms with Gasteiger partial charge in [-0.3, -0.25) is 0 Å². The van der Waals surface area contributed by atoms with E-state index in [4.69, 9.17) is 9.47 Å². The first-order chi connectivity index (χ1) is 24.1. The van der Waals surface area contributed by atoms with E-state index in [1.807, 2.05) is 91.0 Å². The molecule has 0 amide bonds. The maximum Gasteiger partial charge on any atom is 0.231 e. The minimum absolute atomic E-state index is 0.591. The summed E-state index contributed by atoms with van der Waals surface area (Å²) >= 11 is 2.87. The van der Waals surface area contributed by atoms with Crippen molar-refractivity contribution < 1.29 is 9.47 Å². The number of hydrogen-bond acceptors (Lipinski definition) is 11. The summed E-state index contributed by atoms with van der Waals surface area (Å²) in [6.45, 7) is 0. The minimum Gasteiger partial charge on any atom is -0.497 e. The van der Waals surface area contributed by atoms with E-state index in [1.54, 1.807) is 26.6 Å². The summed E-state index contributed by atoms with van der Waals surface area (Å²) in [7, 11) is 3.30. The van der Waals surface area contributed by atoms with Gasteiger partial charge in [0.05, 0.1) is 14.2 Å². The molecule has 5 aromatic carbocycles. The number of ether oxygens (including phenoxy) is 2. The second-order valence-electron chi connectivity index (χ2n) is 10.6. The van der Waals surface area contributed by atoms with Crippen LogP contribution in [0.4, 0.5) is 27.3 Å². The second-order valence-corrected chi connectivity index (χ2v) is 12.5. The van der Waals surface area contributed by atoms with E-state index in [9.17, 15) is 0 Å². The Hall–Kier alpha value is -6.04. The predicted octanol–water partition coefficient (Wildman–Crippen LogP) is 9.71. The van der Waals surface area contributed by atoms with Gasteiger partial charge in [-0.05, 0) is 96.1 Å². The van der Waals surface area contributed by atoms with Gasteiger partial charge in [0.1, 0.15) is 21.5 Å². The Labute approximate surface area is 291 Å². The number of nitrogens with zero attached hydrogens (tertiary/aromatic N) is 7. The van der Waals surface area contributed by atoms with E-state index in [0.29, 0.717) is 10.3 Å². The summed E-state index contributed by atoms with van der Waals surface area (Å²) in [5.41, 5.74) is 6.94. The van der Waals surface area contributed by atoms with Crippen LogP contribution in [0.2, 0.25) is 0 Å². The van der Waals surface area contributed by atoms with E-state index >= 15 is 0 Å². The molecule has 7 rings (SSSR count). The highest BCUT2D eigenvalue weighted by Gasteiger charge is 2.13. The summed E-state index contributed by atoms with van der Waals surface area (Å²) < 4.78 is 10.5. The zero-order valence-corrected chi connectivity index (χ0v) is 28.2. The molecule has 9 nitrogen and oxygen atoms in total. The summed E-state index contributed by atoms with van der Waals surface area (Å²) in [5.74, 6) is 1.60. The quantitative estimate of drug-likeness (QED) is 0.126. The fraction of sp³-hybridized carbons (Fsp3) is 0.0526. The van der Waals surface area contributed by atoms with Gasteiger partial charge in [0.2, 0.25) is 10.3 Å². The molecule has 0 bridgehead atoms. The lowest BCUT2D eigenvalue weighted by Gasteiger charge is -2.25. The Balaban J connectivity index is 1.05. The number of para-hydroxylation sites is 1. The van der Waals surface area contributed by atoms with Crippen molar-refractivity contribution in [2.45, 2.75) is 0 Å². The van der Waals surface area contributed by atoms with Crippen LogP contribution < -0.4 is 14.4 Å². The van der Waals surface area contributed by atoms with Crippen LogP contribution in [-0.4, -0.2) is 47.0 Å². The number of anilines is 3. The Morgan fingerprint density at radius 3 is 1.31 bits per heavy atom. The van der Waals surface area contributed by atoms with E-state index in [-0.39, 0.29) is 0 Å². The predicted molar refractivity (Wildman–Crippen MR) is 199 cm³/mol. The van der Waals surface area contributed by atoms with Gasteiger partial charge < -0.3 is 14.4 Å². The zero-order chi connectivity index (χ0) is 33.4. The lowest BCUT2D eigenvalue weighted by molar-refractivity contribution is 0.415. The first-order valence-corrected chi connectivity index (χ1v) is 16.9. The van der Waals surface area contributed by atoms with Crippen molar-refractivity contribution in [2.75, 3.05) is 19.1 Å². The van der Waals surface area contributed by atoms with Crippen molar-refractivity contribution in [3.8, 4) is 32.6 Å². The van der Waals surface area contributed by atoms with Crippen molar-refractivity contribution in [1.82, 2.24) is 20.4 Å². The third-order valence-electron chi connectivity index (χ3n) is 7.47. The Morgan fingerprint density at radius 2 is 0.898 bits per heavy atom. The molecule has 2 aromatic heterocycles. The summed E-state index contributed by atoms with van der Waals surface area (Å²) in [5, 5.41) is 19.9. The van der Waals surface area contributed by atoms with Gasteiger partial charge in [0, 0.05) is 40.6 Å². The molecule has 0 radical (unpaired) electrons. The molecule has 0 N–H and O–H groups in total. The fourth-order valence-electron chi connectivity index (χ4n) is 4.94. The van der Waals surface area contributed by atoms with Gasteiger partial charge in [-0.1, -0.05) is 65.1 Å². The number of aromatic nitrogens is 4. The Kier molecular flexibility index (Phi) is 9.53. The molecule has 7 aromatic rings. The van der Waals surface area contributed by atoms with E-state index in [2.05, 4.69) is 71.7 Å². The molecule has 240 valence electrons. The Bertz CT molecular complexity index is 2040. The van der Waals surface area contributed by atoms with Crippen LogP contribution in [0.3, 0.4) is 0 Å². The lowest BCUT2D eigenvalue weighted by Crippen LogP contribution is -2.09. The number of hydrogen-bond donors (Lipinski definition) is 0. The third kappa shape index (κ3) is 7.59. The highest BCUT2D eigenvalue weighted by molar-refractivity contribution is 7.18. The molecule has 49 heavy (non-hydrogen) atoms. The van der Waals surface area contributed by atoms with Gasteiger partial charge >= 0.3 is 0 Å². The molecule has 0 spiro atoms. The molecule has 0 unspecified atom stereocenters. The van der Waals surface area contributed by atoms with Crippen LogP contribution in [-0.2, 0) is 0 Å². The topological polar surface area (TPSA) is 98.0 Å². The highest BCUT2D eigenvalue weighted by Crippen LogP contribution is 2.35. The third-order valence-corrected chi connectivity index (χ3v) is 9.23.